The third-order valence-corrected chi connectivity index (χ3v) is 2.03. The molecule has 0 saturated heterocycles. The molecule has 0 saturated carbocycles. The topological polar surface area (TPSA) is 78.4 Å². The van der Waals surface area contributed by atoms with Gasteiger partial charge in [-0.15, -0.1) is 0 Å². The van der Waals surface area contributed by atoms with Crippen molar-refractivity contribution in [3.63, 3.8) is 0 Å². The average Bonchev–Trinajstić information content (AvgIpc) is 1.83. The normalized spacial score (nSPS) is 13.5. The lowest BCUT2D eigenvalue weighted by Crippen LogP contribution is -2.42. The second kappa shape index (κ2) is 3.48. The quantitative estimate of drug-likeness (QED) is 0.511. The molecule has 68 valence electrons. The predicted molar refractivity (Wildman–Crippen MR) is 42.3 cm³/mol. The Morgan fingerprint density at radius 1 is 1.45 bits per heavy atom. The number of aliphatic hydroxyl groups is 1. The van der Waals surface area contributed by atoms with Gasteiger partial charge in [0.2, 0.25) is 0 Å². The minimum absolute atomic E-state index is 0.00380. The summed E-state index contributed by atoms with van der Waals surface area (Å²) in [7, 11) is -2.11. The van der Waals surface area contributed by atoms with E-state index >= 15 is 0 Å². The summed E-state index contributed by atoms with van der Waals surface area (Å²) >= 11 is 0. The second-order valence-electron chi connectivity index (χ2n) is 2.84. The fourth-order valence-corrected chi connectivity index (χ4v) is 1.03. The first-order valence-corrected chi connectivity index (χ1v) is 4.66. The lowest BCUT2D eigenvalue weighted by Gasteiger charge is -2.16. The number of rotatable bonds is 4. The van der Waals surface area contributed by atoms with Crippen molar-refractivity contribution >= 4 is 10.2 Å². The van der Waals surface area contributed by atoms with Crippen LogP contribution in [0, 0.1) is 0 Å². The summed E-state index contributed by atoms with van der Waals surface area (Å²) in [6.07, 6.45) is 0. The van der Waals surface area contributed by atoms with E-state index in [9.17, 15) is 8.42 Å². The molecule has 0 spiro atoms. The van der Waals surface area contributed by atoms with Crippen LogP contribution in [0.2, 0.25) is 0 Å². The van der Waals surface area contributed by atoms with E-state index in [1.807, 2.05) is 0 Å². The van der Waals surface area contributed by atoms with Crippen LogP contribution in [0.1, 0.15) is 13.8 Å². The highest BCUT2D eigenvalue weighted by atomic mass is 32.2. The molecule has 0 fully saturated rings. The van der Waals surface area contributed by atoms with Crippen molar-refractivity contribution in [3.05, 3.63) is 0 Å². The third-order valence-electron chi connectivity index (χ3n) is 0.964. The minimum atomic E-state index is -3.41. The first-order chi connectivity index (χ1) is 4.77. The molecule has 0 amide bonds. The molecule has 0 aromatic carbocycles. The van der Waals surface area contributed by atoms with Gasteiger partial charge in [-0.2, -0.15) is 13.1 Å². The van der Waals surface area contributed by atoms with Crippen LogP contribution in [0.25, 0.3) is 0 Å². The van der Waals surface area contributed by atoms with E-state index in [1.54, 1.807) is 0 Å². The van der Waals surface area contributed by atoms with Gasteiger partial charge in [0.15, 0.2) is 0 Å². The van der Waals surface area contributed by atoms with E-state index in [-0.39, 0.29) is 6.54 Å². The maximum Gasteiger partial charge on any atom is 0.276 e. The molecule has 0 aliphatic carbocycles. The highest BCUT2D eigenvalue weighted by Gasteiger charge is 2.15. The molecule has 0 unspecified atom stereocenters. The Balaban J connectivity index is 3.91. The van der Waals surface area contributed by atoms with Crippen LogP contribution < -0.4 is 9.44 Å². The standard InChI is InChI=1S/C5H14N2O3S/c1-5(2,8)4-7-11(9,10)6-3/h6-8H,4H2,1-3H3. The zero-order valence-corrected chi connectivity index (χ0v) is 7.70. The molecular formula is C5H14N2O3S. The van der Waals surface area contributed by atoms with Crippen molar-refractivity contribution < 1.29 is 13.5 Å². The van der Waals surface area contributed by atoms with Gasteiger partial charge in [-0.1, -0.05) is 0 Å². The largest absolute Gasteiger partial charge is 0.389 e. The summed E-state index contributed by atoms with van der Waals surface area (Å²) in [6.45, 7) is 3.03. The molecule has 6 heteroatoms. The predicted octanol–water partition coefficient (Wildman–Crippen LogP) is -1.19. The molecular weight excluding hydrogens is 168 g/mol. The molecule has 0 aromatic heterocycles. The zero-order valence-electron chi connectivity index (χ0n) is 6.88. The Bertz CT molecular complexity index is 204. The average molecular weight is 182 g/mol. The minimum Gasteiger partial charge on any atom is -0.389 e. The molecule has 0 aliphatic rings. The smallest absolute Gasteiger partial charge is 0.276 e. The van der Waals surface area contributed by atoms with Crippen LogP contribution in [0.4, 0.5) is 0 Å². The first-order valence-electron chi connectivity index (χ1n) is 3.17. The maximum absolute atomic E-state index is 10.7. The Hall–Kier alpha value is -0.170. The van der Waals surface area contributed by atoms with Crippen LogP contribution in [-0.2, 0) is 10.2 Å². The second-order valence-corrected chi connectivity index (χ2v) is 4.54. The summed E-state index contributed by atoms with van der Waals surface area (Å²) in [5.41, 5.74) is -1.02. The third kappa shape index (κ3) is 6.24. The molecule has 0 rings (SSSR count). The maximum atomic E-state index is 10.7. The van der Waals surface area contributed by atoms with Crippen molar-refractivity contribution in [1.82, 2.24) is 9.44 Å². The van der Waals surface area contributed by atoms with Gasteiger partial charge in [0.25, 0.3) is 10.2 Å². The van der Waals surface area contributed by atoms with Gasteiger partial charge in [0, 0.05) is 13.6 Å². The molecule has 3 N–H and O–H groups in total. The van der Waals surface area contributed by atoms with Crippen LogP contribution in [0.5, 0.6) is 0 Å². The molecule has 0 heterocycles. The molecule has 0 bridgehead atoms. The van der Waals surface area contributed by atoms with Gasteiger partial charge < -0.3 is 5.11 Å². The van der Waals surface area contributed by atoms with Crippen LogP contribution in [0.15, 0.2) is 0 Å². The fourth-order valence-electron chi connectivity index (χ4n) is 0.344. The van der Waals surface area contributed by atoms with Gasteiger partial charge >= 0.3 is 0 Å². The molecule has 5 nitrogen and oxygen atoms in total. The summed E-state index contributed by atoms with van der Waals surface area (Å²) < 4.78 is 25.6. The van der Waals surface area contributed by atoms with Crippen molar-refractivity contribution in [2.75, 3.05) is 13.6 Å². The number of hydrogen-bond acceptors (Lipinski definition) is 3. The van der Waals surface area contributed by atoms with Gasteiger partial charge in [-0.3, -0.25) is 0 Å². The summed E-state index contributed by atoms with van der Waals surface area (Å²) in [6, 6.07) is 0. The van der Waals surface area contributed by atoms with Crippen molar-refractivity contribution in [2.24, 2.45) is 0 Å². The van der Waals surface area contributed by atoms with E-state index in [4.69, 9.17) is 5.11 Å². The van der Waals surface area contributed by atoms with Crippen LogP contribution in [0.3, 0.4) is 0 Å². The van der Waals surface area contributed by atoms with E-state index in [0.717, 1.165) is 0 Å². The monoisotopic (exact) mass is 182 g/mol. The Kier molecular flexibility index (Phi) is 3.43. The van der Waals surface area contributed by atoms with Gasteiger partial charge in [0.1, 0.15) is 0 Å². The highest BCUT2D eigenvalue weighted by Crippen LogP contribution is 1.97. The SMILES string of the molecule is CNS(=O)(=O)NCC(C)(C)O. The van der Waals surface area contributed by atoms with Crippen molar-refractivity contribution in [2.45, 2.75) is 19.4 Å². The lowest BCUT2D eigenvalue weighted by molar-refractivity contribution is 0.0856. The van der Waals surface area contributed by atoms with E-state index in [1.165, 1.54) is 20.9 Å². The Morgan fingerprint density at radius 2 is 1.91 bits per heavy atom. The van der Waals surface area contributed by atoms with Gasteiger partial charge in [-0.05, 0) is 13.8 Å². The number of hydrogen-bond donors (Lipinski definition) is 3. The summed E-state index contributed by atoms with van der Waals surface area (Å²) in [5.74, 6) is 0. The molecule has 0 aromatic rings. The molecule has 11 heavy (non-hydrogen) atoms. The fraction of sp³-hybridized carbons (Fsp3) is 1.00. The van der Waals surface area contributed by atoms with Crippen LogP contribution >= 0.6 is 0 Å². The molecule has 0 aliphatic heterocycles. The van der Waals surface area contributed by atoms with E-state index < -0.39 is 15.8 Å². The molecule has 0 atom stereocenters. The summed E-state index contributed by atoms with van der Waals surface area (Å²) in [5, 5.41) is 9.12. The zero-order chi connectivity index (χ0) is 9.12. The van der Waals surface area contributed by atoms with E-state index in [2.05, 4.69) is 9.44 Å². The van der Waals surface area contributed by atoms with Crippen LogP contribution in [-0.4, -0.2) is 32.7 Å². The van der Waals surface area contributed by atoms with Gasteiger partial charge in [-0.25, -0.2) is 4.72 Å². The van der Waals surface area contributed by atoms with E-state index in [0.29, 0.717) is 0 Å². The molecule has 0 radical (unpaired) electrons. The Morgan fingerprint density at radius 3 is 2.18 bits per heavy atom. The van der Waals surface area contributed by atoms with Crippen molar-refractivity contribution in [1.29, 1.82) is 0 Å². The van der Waals surface area contributed by atoms with Crippen molar-refractivity contribution in [3.8, 4) is 0 Å². The Labute approximate surface area is 67.0 Å². The first kappa shape index (κ1) is 10.8. The number of nitrogens with one attached hydrogen (secondary N) is 2. The highest BCUT2D eigenvalue weighted by molar-refractivity contribution is 7.87. The summed E-state index contributed by atoms with van der Waals surface area (Å²) in [4.78, 5) is 0. The lowest BCUT2D eigenvalue weighted by atomic mass is 10.1. The van der Waals surface area contributed by atoms with Gasteiger partial charge in [0.05, 0.1) is 5.60 Å².